The van der Waals surface area contributed by atoms with Crippen molar-refractivity contribution in [3.63, 3.8) is 0 Å². The average molecular weight is 444 g/mol. The number of nitrogens with zero attached hydrogens (tertiary/aromatic N) is 1. The van der Waals surface area contributed by atoms with Crippen molar-refractivity contribution in [2.75, 3.05) is 19.8 Å². The van der Waals surface area contributed by atoms with Crippen LogP contribution in [-0.4, -0.2) is 46.7 Å². The minimum atomic E-state index is -0.592. The Morgan fingerprint density at radius 1 is 1.06 bits per heavy atom. The van der Waals surface area contributed by atoms with Crippen LogP contribution in [0.4, 0.5) is 0 Å². The first-order valence-corrected chi connectivity index (χ1v) is 11.4. The monoisotopic (exact) mass is 443 g/mol. The Kier molecular flexibility index (Phi) is 8.56. The number of aliphatic hydroxyl groups is 2. The van der Waals surface area contributed by atoms with Gasteiger partial charge < -0.3 is 19.8 Å². The van der Waals surface area contributed by atoms with Crippen LogP contribution in [0.5, 0.6) is 0 Å². The number of halogens is 1. The Labute approximate surface area is 191 Å². The lowest BCUT2D eigenvalue weighted by Gasteiger charge is -2.51. The third-order valence-corrected chi connectivity index (χ3v) is 6.37. The van der Waals surface area contributed by atoms with E-state index in [1.54, 1.807) is 0 Å². The third-order valence-electron chi connectivity index (χ3n) is 6.12. The first kappa shape index (κ1) is 23.8. The van der Waals surface area contributed by atoms with Crippen LogP contribution in [-0.2, 0) is 17.6 Å². The van der Waals surface area contributed by atoms with Gasteiger partial charge in [0.15, 0.2) is 0 Å². The number of allylic oxidation sites excluding steroid dienone is 1. The van der Waals surface area contributed by atoms with E-state index in [-0.39, 0.29) is 12.1 Å². The molecule has 2 aromatic carbocycles. The molecule has 1 aliphatic rings. The summed E-state index contributed by atoms with van der Waals surface area (Å²) in [6.07, 6.45) is 3.37. The van der Waals surface area contributed by atoms with Crippen molar-refractivity contribution >= 4 is 11.6 Å². The molecule has 1 aliphatic heterocycles. The molecule has 1 heterocycles. The summed E-state index contributed by atoms with van der Waals surface area (Å²) in [6, 6.07) is 18.4. The summed E-state index contributed by atoms with van der Waals surface area (Å²) in [4.78, 5) is 2.14. The molecule has 168 valence electrons. The van der Waals surface area contributed by atoms with E-state index in [2.05, 4.69) is 54.8 Å². The topological polar surface area (TPSA) is 52.9 Å². The van der Waals surface area contributed by atoms with E-state index in [0.29, 0.717) is 25.6 Å². The molecule has 1 fully saturated rings. The summed E-state index contributed by atoms with van der Waals surface area (Å²) in [7, 11) is 0. The van der Waals surface area contributed by atoms with Crippen molar-refractivity contribution in [3.05, 3.63) is 83.0 Å². The zero-order valence-electron chi connectivity index (χ0n) is 18.3. The number of hydrogen-bond donors (Lipinski definition) is 2. The number of rotatable bonds is 10. The fourth-order valence-electron chi connectivity index (χ4n) is 4.82. The molecular formula is C26H34ClNO3. The standard InChI is InChI=1S/C26H34ClNO3/c1-20-16-23(12-14-31-15-13-29)17-25(30)28(20)26(2,18-21-6-4-3-5-7-21)19-22-8-10-24(27)11-9-22/h3-11,23,25,29-30H,1,12-19H2,2H3. The minimum absolute atomic E-state index is 0.0380. The first-order chi connectivity index (χ1) is 14.9. The summed E-state index contributed by atoms with van der Waals surface area (Å²) in [5, 5.41) is 20.8. The molecule has 5 heteroatoms. The summed E-state index contributed by atoms with van der Waals surface area (Å²) in [6.45, 7) is 7.58. The van der Waals surface area contributed by atoms with Crippen LogP contribution in [0.25, 0.3) is 0 Å². The molecular weight excluding hydrogens is 410 g/mol. The predicted octanol–water partition coefficient (Wildman–Crippen LogP) is 4.83. The Bertz CT molecular complexity index is 826. The van der Waals surface area contributed by atoms with E-state index in [1.807, 2.05) is 18.2 Å². The van der Waals surface area contributed by atoms with Gasteiger partial charge in [-0.1, -0.05) is 60.6 Å². The van der Waals surface area contributed by atoms with E-state index in [1.165, 1.54) is 11.1 Å². The zero-order chi connectivity index (χ0) is 22.3. The fourth-order valence-corrected chi connectivity index (χ4v) is 4.94. The Morgan fingerprint density at radius 2 is 1.71 bits per heavy atom. The lowest BCUT2D eigenvalue weighted by molar-refractivity contribution is -0.0749. The molecule has 0 amide bonds. The van der Waals surface area contributed by atoms with Crippen molar-refractivity contribution in [3.8, 4) is 0 Å². The SMILES string of the molecule is C=C1CC(CCOCCO)CC(O)N1C(C)(Cc1ccccc1)Cc1ccc(Cl)cc1. The van der Waals surface area contributed by atoms with Crippen molar-refractivity contribution < 1.29 is 14.9 Å². The molecule has 4 nitrogen and oxygen atoms in total. The van der Waals surface area contributed by atoms with E-state index >= 15 is 0 Å². The number of ether oxygens (including phenoxy) is 1. The van der Waals surface area contributed by atoms with Gasteiger partial charge in [0, 0.05) is 22.9 Å². The largest absolute Gasteiger partial charge is 0.394 e. The molecule has 3 rings (SSSR count). The summed E-state index contributed by atoms with van der Waals surface area (Å²) < 4.78 is 5.43. The average Bonchev–Trinajstić information content (AvgIpc) is 2.73. The van der Waals surface area contributed by atoms with Gasteiger partial charge in [0.2, 0.25) is 0 Å². The summed E-state index contributed by atoms with van der Waals surface area (Å²) >= 11 is 6.10. The second-order valence-corrected chi connectivity index (χ2v) is 9.25. The molecule has 0 spiro atoms. The molecule has 0 aromatic heterocycles. The molecule has 31 heavy (non-hydrogen) atoms. The van der Waals surface area contributed by atoms with Gasteiger partial charge in [-0.15, -0.1) is 0 Å². The first-order valence-electron chi connectivity index (χ1n) is 11.0. The molecule has 0 saturated carbocycles. The highest BCUT2D eigenvalue weighted by molar-refractivity contribution is 6.30. The highest BCUT2D eigenvalue weighted by atomic mass is 35.5. The maximum absolute atomic E-state index is 11.2. The van der Waals surface area contributed by atoms with Gasteiger partial charge in [-0.25, -0.2) is 0 Å². The minimum Gasteiger partial charge on any atom is -0.394 e. The molecule has 3 atom stereocenters. The van der Waals surface area contributed by atoms with Crippen LogP contribution < -0.4 is 0 Å². The smallest absolute Gasteiger partial charge is 0.127 e. The van der Waals surface area contributed by atoms with E-state index in [0.717, 1.165) is 36.4 Å². The number of aliphatic hydroxyl groups excluding tert-OH is 2. The van der Waals surface area contributed by atoms with E-state index in [4.69, 9.17) is 21.4 Å². The second-order valence-electron chi connectivity index (χ2n) is 8.81. The van der Waals surface area contributed by atoms with Gasteiger partial charge in [-0.2, -0.15) is 0 Å². The van der Waals surface area contributed by atoms with Crippen molar-refractivity contribution in [1.82, 2.24) is 4.90 Å². The van der Waals surface area contributed by atoms with Gasteiger partial charge in [0.05, 0.1) is 13.2 Å². The zero-order valence-corrected chi connectivity index (χ0v) is 19.1. The third kappa shape index (κ3) is 6.56. The molecule has 2 aromatic rings. The van der Waals surface area contributed by atoms with E-state index < -0.39 is 6.23 Å². The maximum atomic E-state index is 11.2. The number of piperidine rings is 1. The van der Waals surface area contributed by atoms with Gasteiger partial charge in [0.1, 0.15) is 6.23 Å². The lowest BCUT2D eigenvalue weighted by Crippen LogP contribution is -2.56. The molecule has 0 aliphatic carbocycles. The lowest BCUT2D eigenvalue weighted by atomic mass is 9.80. The molecule has 0 bridgehead atoms. The maximum Gasteiger partial charge on any atom is 0.127 e. The van der Waals surface area contributed by atoms with Crippen LogP contribution in [0.1, 0.15) is 37.3 Å². The number of likely N-dealkylation sites (tertiary alicyclic amines) is 1. The van der Waals surface area contributed by atoms with Crippen molar-refractivity contribution in [2.24, 2.45) is 5.92 Å². The van der Waals surface area contributed by atoms with Gasteiger partial charge in [0.25, 0.3) is 0 Å². The van der Waals surface area contributed by atoms with E-state index in [9.17, 15) is 5.11 Å². The van der Waals surface area contributed by atoms with Crippen LogP contribution in [0.15, 0.2) is 66.9 Å². The molecule has 2 N–H and O–H groups in total. The predicted molar refractivity (Wildman–Crippen MR) is 126 cm³/mol. The normalized spacial score (nSPS) is 21.2. The van der Waals surface area contributed by atoms with Crippen molar-refractivity contribution in [2.45, 2.75) is 50.8 Å². The van der Waals surface area contributed by atoms with Crippen LogP contribution in [0.3, 0.4) is 0 Å². The fraction of sp³-hybridized carbons (Fsp3) is 0.462. The quantitative estimate of drug-likeness (QED) is 0.516. The highest BCUT2D eigenvalue weighted by Crippen LogP contribution is 2.39. The van der Waals surface area contributed by atoms with Crippen LogP contribution in [0, 0.1) is 5.92 Å². The molecule has 0 radical (unpaired) electrons. The number of benzene rings is 2. The number of hydrogen-bond acceptors (Lipinski definition) is 4. The summed E-state index contributed by atoms with van der Waals surface area (Å²) in [5.41, 5.74) is 3.06. The Balaban J connectivity index is 1.79. The Hall–Kier alpha value is -1.85. The van der Waals surface area contributed by atoms with Crippen LogP contribution in [0.2, 0.25) is 5.02 Å². The van der Waals surface area contributed by atoms with Gasteiger partial charge in [-0.05, 0) is 68.2 Å². The highest BCUT2D eigenvalue weighted by Gasteiger charge is 2.40. The Morgan fingerprint density at radius 3 is 2.32 bits per heavy atom. The van der Waals surface area contributed by atoms with Gasteiger partial charge >= 0.3 is 0 Å². The summed E-state index contributed by atoms with van der Waals surface area (Å²) in [5.74, 6) is 0.328. The molecule has 1 saturated heterocycles. The second kappa shape index (κ2) is 11.1. The van der Waals surface area contributed by atoms with Crippen molar-refractivity contribution in [1.29, 1.82) is 0 Å². The van der Waals surface area contributed by atoms with Crippen LogP contribution >= 0.6 is 11.6 Å². The molecule has 3 unspecified atom stereocenters. The van der Waals surface area contributed by atoms with Gasteiger partial charge in [-0.3, -0.25) is 0 Å².